The van der Waals surface area contributed by atoms with Crippen LogP contribution in [0.2, 0.25) is 5.02 Å². The number of benzene rings is 1. The molecule has 0 amide bonds. The molecule has 18 heavy (non-hydrogen) atoms. The van der Waals surface area contributed by atoms with Gasteiger partial charge in [-0.15, -0.1) is 0 Å². The molecule has 0 fully saturated rings. The number of halogens is 1. The molecule has 1 rings (SSSR count). The molecule has 102 valence electrons. The fourth-order valence-electron chi connectivity index (χ4n) is 1.46. The topological polar surface area (TPSA) is 89.3 Å². The lowest BCUT2D eigenvalue weighted by Crippen LogP contribution is -2.36. The summed E-state index contributed by atoms with van der Waals surface area (Å²) in [6, 6.07) is 3.79. The van der Waals surface area contributed by atoms with Crippen molar-refractivity contribution in [2.75, 3.05) is 17.7 Å². The van der Waals surface area contributed by atoms with Crippen LogP contribution in [0.15, 0.2) is 23.1 Å². The van der Waals surface area contributed by atoms with Crippen LogP contribution in [0.3, 0.4) is 0 Å². The fourth-order valence-corrected chi connectivity index (χ4v) is 3.99. The van der Waals surface area contributed by atoms with Gasteiger partial charge in [0.25, 0.3) is 0 Å². The summed E-state index contributed by atoms with van der Waals surface area (Å²) in [6.45, 7) is 1.64. The van der Waals surface area contributed by atoms with Crippen LogP contribution in [0.1, 0.15) is 6.92 Å². The van der Waals surface area contributed by atoms with Crippen molar-refractivity contribution in [3.8, 4) is 0 Å². The van der Waals surface area contributed by atoms with Gasteiger partial charge in [-0.05, 0) is 25.1 Å². The zero-order chi connectivity index (χ0) is 13.9. The van der Waals surface area contributed by atoms with E-state index >= 15 is 0 Å². The summed E-state index contributed by atoms with van der Waals surface area (Å²) < 4.78 is 37.5. The summed E-state index contributed by atoms with van der Waals surface area (Å²) >= 11 is 5.75. The van der Waals surface area contributed by atoms with Gasteiger partial charge in [0.05, 0.1) is 5.69 Å². The van der Waals surface area contributed by atoms with Crippen LogP contribution in [0.5, 0.6) is 0 Å². The van der Waals surface area contributed by atoms with Gasteiger partial charge in [0.2, 0.25) is 10.0 Å². The number of nitrogens with one attached hydrogen (secondary N) is 1. The molecule has 0 saturated carbocycles. The highest BCUT2D eigenvalue weighted by Crippen LogP contribution is 2.22. The Hall–Kier alpha value is -0.630. The lowest BCUT2D eigenvalue weighted by molar-refractivity contribution is 0.570. The molecule has 0 heterocycles. The molecule has 2 atom stereocenters. The highest BCUT2D eigenvalue weighted by atomic mass is 35.5. The molecule has 0 aromatic heterocycles. The standard InChI is InChI=1S/C10H15ClN2O3S2/c1-7(6-17(2)14)13-18(15,16)10-5-8(11)3-4-9(10)12/h3-5,7,13H,6,12H2,1-2H3. The van der Waals surface area contributed by atoms with E-state index in [0.717, 1.165) is 0 Å². The third-order valence-electron chi connectivity index (χ3n) is 2.11. The molecule has 1 aromatic rings. The maximum absolute atomic E-state index is 12.0. The van der Waals surface area contributed by atoms with Gasteiger partial charge >= 0.3 is 0 Å². The number of hydrogen-bond donors (Lipinski definition) is 2. The number of sulfonamides is 1. The maximum Gasteiger partial charge on any atom is 0.242 e. The Morgan fingerprint density at radius 2 is 2.11 bits per heavy atom. The molecule has 0 radical (unpaired) electrons. The second-order valence-corrected chi connectivity index (χ2v) is 7.54. The van der Waals surface area contributed by atoms with Crippen LogP contribution >= 0.6 is 11.6 Å². The average molecular weight is 311 g/mol. The van der Waals surface area contributed by atoms with Crippen LogP contribution in [-0.4, -0.2) is 30.7 Å². The van der Waals surface area contributed by atoms with E-state index in [0.29, 0.717) is 0 Å². The van der Waals surface area contributed by atoms with Crippen molar-refractivity contribution in [2.45, 2.75) is 17.9 Å². The summed E-state index contributed by atoms with van der Waals surface area (Å²) in [6.07, 6.45) is 1.51. The van der Waals surface area contributed by atoms with Crippen molar-refractivity contribution in [1.29, 1.82) is 0 Å². The Morgan fingerprint density at radius 3 is 2.67 bits per heavy atom. The number of hydrogen-bond acceptors (Lipinski definition) is 4. The predicted molar refractivity (Wildman–Crippen MR) is 74.6 cm³/mol. The first kappa shape index (κ1) is 15.4. The van der Waals surface area contributed by atoms with E-state index in [-0.39, 0.29) is 21.4 Å². The Balaban J connectivity index is 2.99. The van der Waals surface area contributed by atoms with Gasteiger partial charge < -0.3 is 5.73 Å². The number of rotatable bonds is 5. The Bertz CT molecular complexity index is 560. The monoisotopic (exact) mass is 310 g/mol. The van der Waals surface area contributed by atoms with Crippen LogP contribution in [0, 0.1) is 0 Å². The lowest BCUT2D eigenvalue weighted by atomic mass is 10.3. The maximum atomic E-state index is 12.0. The van der Waals surface area contributed by atoms with Crippen LogP contribution in [0.25, 0.3) is 0 Å². The molecule has 1 aromatic carbocycles. The Labute approximate surface area is 114 Å². The fraction of sp³-hybridized carbons (Fsp3) is 0.400. The normalized spacial score (nSPS) is 15.3. The molecule has 3 N–H and O–H groups in total. The van der Waals surface area contributed by atoms with E-state index in [1.807, 2.05) is 0 Å². The van der Waals surface area contributed by atoms with Gasteiger partial charge in [-0.1, -0.05) is 11.6 Å². The molecule has 8 heteroatoms. The summed E-state index contributed by atoms with van der Waals surface area (Å²) in [5, 5.41) is 0.288. The second-order valence-electron chi connectivity index (χ2n) is 3.94. The largest absolute Gasteiger partial charge is 0.398 e. The summed E-state index contributed by atoms with van der Waals surface area (Å²) in [5.41, 5.74) is 5.74. The molecule has 5 nitrogen and oxygen atoms in total. The quantitative estimate of drug-likeness (QED) is 0.793. The van der Waals surface area contributed by atoms with Crippen molar-refractivity contribution >= 4 is 38.1 Å². The van der Waals surface area contributed by atoms with E-state index in [1.165, 1.54) is 24.5 Å². The number of anilines is 1. The van der Waals surface area contributed by atoms with Gasteiger partial charge in [-0.3, -0.25) is 4.21 Å². The van der Waals surface area contributed by atoms with Crippen molar-refractivity contribution < 1.29 is 12.6 Å². The minimum Gasteiger partial charge on any atom is -0.398 e. The van der Waals surface area contributed by atoms with Gasteiger partial charge in [-0.2, -0.15) is 0 Å². The Kier molecular flexibility index (Phi) is 5.15. The van der Waals surface area contributed by atoms with E-state index < -0.39 is 26.9 Å². The van der Waals surface area contributed by atoms with Gasteiger partial charge in [0.15, 0.2) is 0 Å². The molecule has 2 unspecified atom stereocenters. The van der Waals surface area contributed by atoms with Crippen LogP contribution in [-0.2, 0) is 20.8 Å². The number of nitrogen functional groups attached to an aromatic ring is 1. The Morgan fingerprint density at radius 1 is 1.50 bits per heavy atom. The van der Waals surface area contributed by atoms with E-state index in [2.05, 4.69) is 4.72 Å². The van der Waals surface area contributed by atoms with Gasteiger partial charge in [-0.25, -0.2) is 13.1 Å². The van der Waals surface area contributed by atoms with Crippen molar-refractivity contribution in [1.82, 2.24) is 4.72 Å². The first-order chi connectivity index (χ1) is 8.22. The zero-order valence-electron chi connectivity index (χ0n) is 10.0. The average Bonchev–Trinajstić information content (AvgIpc) is 2.19. The second kappa shape index (κ2) is 6.01. The van der Waals surface area contributed by atoms with Crippen LogP contribution in [0.4, 0.5) is 5.69 Å². The molecular weight excluding hydrogens is 296 g/mol. The molecule has 0 aliphatic heterocycles. The molecule has 0 bridgehead atoms. The van der Waals surface area contributed by atoms with Gasteiger partial charge in [0, 0.05) is 33.9 Å². The summed E-state index contributed by atoms with van der Waals surface area (Å²) in [5.74, 6) is 0.236. The zero-order valence-corrected chi connectivity index (χ0v) is 12.4. The van der Waals surface area contributed by atoms with Crippen molar-refractivity contribution in [3.05, 3.63) is 23.2 Å². The molecular formula is C10H15ClN2O3S2. The molecule has 0 spiro atoms. The minimum absolute atomic E-state index is 0.0660. The summed E-state index contributed by atoms with van der Waals surface area (Å²) in [4.78, 5) is -0.0660. The highest BCUT2D eigenvalue weighted by molar-refractivity contribution is 7.89. The predicted octanol–water partition coefficient (Wildman–Crippen LogP) is 0.968. The molecule has 0 saturated heterocycles. The smallest absolute Gasteiger partial charge is 0.242 e. The third-order valence-corrected chi connectivity index (χ3v) is 4.96. The molecule has 0 aliphatic carbocycles. The van der Waals surface area contributed by atoms with Gasteiger partial charge in [0.1, 0.15) is 4.90 Å². The lowest BCUT2D eigenvalue weighted by Gasteiger charge is -2.14. The van der Waals surface area contributed by atoms with Crippen molar-refractivity contribution in [2.24, 2.45) is 0 Å². The van der Waals surface area contributed by atoms with Crippen LogP contribution < -0.4 is 10.5 Å². The van der Waals surface area contributed by atoms with E-state index in [4.69, 9.17) is 17.3 Å². The molecule has 0 aliphatic rings. The number of nitrogens with two attached hydrogens (primary N) is 1. The first-order valence-electron chi connectivity index (χ1n) is 5.10. The SMILES string of the molecule is CC(CS(C)=O)NS(=O)(=O)c1cc(Cl)ccc1N. The van der Waals surface area contributed by atoms with E-state index in [1.54, 1.807) is 6.92 Å². The van der Waals surface area contributed by atoms with E-state index in [9.17, 15) is 12.6 Å². The minimum atomic E-state index is -3.75. The first-order valence-corrected chi connectivity index (χ1v) is 8.68. The van der Waals surface area contributed by atoms with Crippen molar-refractivity contribution in [3.63, 3.8) is 0 Å². The third kappa shape index (κ3) is 4.24. The highest BCUT2D eigenvalue weighted by Gasteiger charge is 2.20. The summed E-state index contributed by atoms with van der Waals surface area (Å²) in [7, 11) is -4.83.